The summed E-state index contributed by atoms with van der Waals surface area (Å²) in [4.78, 5) is 22.8. The molecule has 7 heteroatoms. The first-order valence-electron chi connectivity index (χ1n) is 11.3. The molecule has 0 aromatic heterocycles. The van der Waals surface area contributed by atoms with E-state index in [-0.39, 0.29) is 36.2 Å². The van der Waals surface area contributed by atoms with Crippen LogP contribution in [0.15, 0.2) is 0 Å². The average molecular weight is 453 g/mol. The topological polar surface area (TPSA) is 76.7 Å². The summed E-state index contributed by atoms with van der Waals surface area (Å²) < 4.78 is 10.2. The van der Waals surface area contributed by atoms with Crippen molar-refractivity contribution in [3.63, 3.8) is 0 Å². The minimum Gasteiger partial charge on any atom is -0.462 e. The van der Waals surface area contributed by atoms with Gasteiger partial charge in [0.05, 0.1) is 12.2 Å². The fourth-order valence-electron chi connectivity index (χ4n) is 2.05. The van der Waals surface area contributed by atoms with Crippen LogP contribution >= 0.6 is 11.8 Å². The molecular formula is C23H52N2O4S. The molecule has 2 N–H and O–H groups in total. The van der Waals surface area contributed by atoms with Gasteiger partial charge in [-0.15, -0.1) is 0 Å². The van der Waals surface area contributed by atoms with Crippen LogP contribution in [0.3, 0.4) is 0 Å². The second-order valence-electron chi connectivity index (χ2n) is 7.06. The highest BCUT2D eigenvalue weighted by molar-refractivity contribution is 7.98. The summed E-state index contributed by atoms with van der Waals surface area (Å²) in [5.74, 6) is 1.17. The van der Waals surface area contributed by atoms with Gasteiger partial charge in [0.25, 0.3) is 0 Å². The molecule has 0 saturated carbocycles. The predicted molar refractivity (Wildman–Crippen MR) is 133 cm³/mol. The Hall–Kier alpha value is -0.790. The van der Waals surface area contributed by atoms with Gasteiger partial charge in [0.15, 0.2) is 0 Å². The fourth-order valence-corrected chi connectivity index (χ4v) is 2.52. The summed E-state index contributed by atoms with van der Waals surface area (Å²) in [5, 5.41) is 5.92. The summed E-state index contributed by atoms with van der Waals surface area (Å²) in [5.41, 5.74) is 0. The van der Waals surface area contributed by atoms with Crippen LogP contribution in [-0.2, 0) is 19.1 Å². The molecule has 0 rings (SSSR count). The smallest absolute Gasteiger partial charge is 0.323 e. The molecule has 30 heavy (non-hydrogen) atoms. The van der Waals surface area contributed by atoms with E-state index in [0.29, 0.717) is 5.92 Å². The van der Waals surface area contributed by atoms with Crippen LogP contribution in [0, 0.1) is 5.92 Å². The summed E-state index contributed by atoms with van der Waals surface area (Å²) in [6, 6.07) is -0.322. The number of thioether (sulfide) groups is 1. The van der Waals surface area contributed by atoms with Gasteiger partial charge in [0.2, 0.25) is 0 Å². The standard InChI is InChI=1S/C10H21NO2.C9H19NO2S.2C2H6/c1-7(2)6-9(11-5)10(12)13-8(3)4;1-7(2)12-9(11)8(10-3)5-6-13-4;2*1-2/h7-9,11H,6H2,1-5H3;7-8,10H,5-6H2,1-4H3;2*1-2H3. The van der Waals surface area contributed by atoms with Crippen LogP contribution in [0.5, 0.6) is 0 Å². The second kappa shape index (κ2) is 26.2. The maximum atomic E-state index is 11.4. The lowest BCUT2D eigenvalue weighted by molar-refractivity contribution is -0.151. The summed E-state index contributed by atoms with van der Waals surface area (Å²) in [6.45, 7) is 19.6. The Labute approximate surface area is 192 Å². The predicted octanol–water partition coefficient (Wildman–Crippen LogP) is 4.90. The van der Waals surface area contributed by atoms with E-state index in [1.165, 1.54) is 0 Å². The van der Waals surface area contributed by atoms with Crippen LogP contribution < -0.4 is 10.6 Å². The van der Waals surface area contributed by atoms with Crippen molar-refractivity contribution in [1.29, 1.82) is 0 Å². The summed E-state index contributed by atoms with van der Waals surface area (Å²) in [6.07, 6.45) is 3.61. The minimum atomic E-state index is -0.164. The van der Waals surface area contributed by atoms with Gasteiger partial charge in [0.1, 0.15) is 12.1 Å². The van der Waals surface area contributed by atoms with E-state index in [1.807, 2.05) is 61.6 Å². The van der Waals surface area contributed by atoms with E-state index in [4.69, 9.17) is 9.47 Å². The third kappa shape index (κ3) is 25.2. The molecule has 0 radical (unpaired) electrons. The van der Waals surface area contributed by atoms with Gasteiger partial charge in [0, 0.05) is 0 Å². The molecule has 0 saturated heterocycles. The second-order valence-corrected chi connectivity index (χ2v) is 8.05. The van der Waals surface area contributed by atoms with Crippen molar-refractivity contribution >= 4 is 23.7 Å². The zero-order valence-electron chi connectivity index (χ0n) is 22.0. The molecule has 0 aliphatic carbocycles. The molecule has 2 unspecified atom stereocenters. The third-order valence-electron chi connectivity index (χ3n) is 3.29. The molecule has 2 atom stereocenters. The zero-order chi connectivity index (χ0) is 24.7. The number of hydrogen-bond donors (Lipinski definition) is 2. The monoisotopic (exact) mass is 452 g/mol. The quantitative estimate of drug-likeness (QED) is 0.432. The Bertz CT molecular complexity index is 378. The Kier molecular flexibility index (Phi) is 32.0. The fraction of sp³-hybridized carbons (Fsp3) is 0.913. The van der Waals surface area contributed by atoms with Gasteiger partial charge >= 0.3 is 11.9 Å². The Morgan fingerprint density at radius 3 is 1.40 bits per heavy atom. The van der Waals surface area contributed by atoms with Crippen molar-refractivity contribution in [1.82, 2.24) is 10.6 Å². The van der Waals surface area contributed by atoms with E-state index < -0.39 is 0 Å². The Morgan fingerprint density at radius 2 is 1.13 bits per heavy atom. The summed E-state index contributed by atoms with van der Waals surface area (Å²) >= 11 is 1.73. The van der Waals surface area contributed by atoms with Crippen LogP contribution in [0.1, 0.15) is 82.1 Å². The number of esters is 2. The van der Waals surface area contributed by atoms with Gasteiger partial charge in [-0.05, 0) is 72.6 Å². The Balaban J connectivity index is -0.000000193. The molecule has 0 aliphatic rings. The van der Waals surface area contributed by atoms with E-state index in [9.17, 15) is 9.59 Å². The normalized spacial score (nSPS) is 11.9. The van der Waals surface area contributed by atoms with Crippen molar-refractivity contribution in [2.75, 3.05) is 26.1 Å². The van der Waals surface area contributed by atoms with Crippen molar-refractivity contribution in [3.05, 3.63) is 0 Å². The SMILES string of the molecule is CC.CC.CNC(CC(C)C)C(=O)OC(C)C.CNC(CCSC)C(=O)OC(C)C. The number of rotatable bonds is 11. The van der Waals surface area contributed by atoms with E-state index in [2.05, 4.69) is 24.5 Å². The van der Waals surface area contributed by atoms with Crippen LogP contribution in [0.4, 0.5) is 0 Å². The lowest BCUT2D eigenvalue weighted by Gasteiger charge is -2.18. The first kappa shape index (κ1) is 36.6. The van der Waals surface area contributed by atoms with E-state index >= 15 is 0 Å². The van der Waals surface area contributed by atoms with Gasteiger partial charge < -0.3 is 20.1 Å². The molecule has 0 aromatic carbocycles. The number of hydrogen-bond acceptors (Lipinski definition) is 7. The van der Waals surface area contributed by atoms with Gasteiger partial charge in [-0.2, -0.15) is 11.8 Å². The molecule has 0 fully saturated rings. The number of likely N-dealkylation sites (N-methyl/N-ethyl adjacent to an activating group) is 2. The average Bonchev–Trinajstić information content (AvgIpc) is 2.69. The third-order valence-corrected chi connectivity index (χ3v) is 3.93. The van der Waals surface area contributed by atoms with Gasteiger partial charge in [-0.3, -0.25) is 9.59 Å². The highest BCUT2D eigenvalue weighted by atomic mass is 32.2. The number of nitrogens with one attached hydrogen (secondary N) is 2. The number of ether oxygens (including phenoxy) is 2. The van der Waals surface area contributed by atoms with Gasteiger partial charge in [-0.1, -0.05) is 41.5 Å². The minimum absolute atomic E-state index is 0.0300. The number of carbonyl (C=O) groups is 2. The highest BCUT2D eigenvalue weighted by Gasteiger charge is 2.20. The molecular weight excluding hydrogens is 400 g/mol. The Morgan fingerprint density at radius 1 is 0.767 bits per heavy atom. The largest absolute Gasteiger partial charge is 0.462 e. The van der Waals surface area contributed by atoms with Crippen molar-refractivity contribution in [2.24, 2.45) is 5.92 Å². The molecule has 0 aliphatic heterocycles. The lowest BCUT2D eigenvalue weighted by Crippen LogP contribution is -2.37. The van der Waals surface area contributed by atoms with Crippen molar-refractivity contribution in [3.8, 4) is 0 Å². The van der Waals surface area contributed by atoms with Crippen LogP contribution in [0.25, 0.3) is 0 Å². The summed E-state index contributed by atoms with van der Waals surface area (Å²) in [7, 11) is 3.57. The molecule has 184 valence electrons. The van der Waals surface area contributed by atoms with Crippen LogP contribution in [0.2, 0.25) is 0 Å². The first-order valence-corrected chi connectivity index (χ1v) is 12.7. The molecule has 0 heterocycles. The lowest BCUT2D eigenvalue weighted by atomic mass is 10.0. The van der Waals surface area contributed by atoms with Gasteiger partial charge in [-0.25, -0.2) is 0 Å². The molecule has 0 bridgehead atoms. The molecule has 0 amide bonds. The maximum Gasteiger partial charge on any atom is 0.323 e. The number of carbonyl (C=O) groups excluding carboxylic acids is 2. The molecule has 0 spiro atoms. The molecule has 0 aromatic rings. The van der Waals surface area contributed by atoms with E-state index in [0.717, 1.165) is 18.6 Å². The van der Waals surface area contributed by atoms with E-state index in [1.54, 1.807) is 25.9 Å². The van der Waals surface area contributed by atoms with Crippen molar-refractivity contribution < 1.29 is 19.1 Å². The molecule has 6 nitrogen and oxygen atoms in total. The van der Waals surface area contributed by atoms with Crippen LogP contribution in [-0.4, -0.2) is 62.3 Å². The highest BCUT2D eigenvalue weighted by Crippen LogP contribution is 2.07. The van der Waals surface area contributed by atoms with Crippen molar-refractivity contribution in [2.45, 2.75) is 106 Å². The zero-order valence-corrected chi connectivity index (χ0v) is 22.9. The maximum absolute atomic E-state index is 11.4. The first-order chi connectivity index (χ1) is 14.1.